The van der Waals surface area contributed by atoms with Gasteiger partial charge in [0.15, 0.2) is 0 Å². The van der Waals surface area contributed by atoms with E-state index < -0.39 is 0 Å². The second kappa shape index (κ2) is 5.97. The molecule has 0 radical (unpaired) electrons. The molecule has 1 amide bonds. The van der Waals surface area contributed by atoms with Gasteiger partial charge in [-0.1, -0.05) is 0 Å². The second-order valence-corrected chi connectivity index (χ2v) is 4.88. The zero-order chi connectivity index (χ0) is 14.7. The average Bonchev–Trinajstić information content (AvgIpc) is 2.90. The van der Waals surface area contributed by atoms with Crippen molar-refractivity contribution in [3.8, 4) is 5.75 Å². The predicted molar refractivity (Wildman–Crippen MR) is 77.2 cm³/mol. The molecular weight excluding hydrogens is 270 g/mol. The highest BCUT2D eigenvalue weighted by Gasteiger charge is 2.15. The summed E-state index contributed by atoms with van der Waals surface area (Å²) in [6.07, 6.45) is 2.69. The summed E-state index contributed by atoms with van der Waals surface area (Å²) < 4.78 is 12.1. The molecular formula is C15H17N3O3. The van der Waals surface area contributed by atoms with Crippen LogP contribution in [0.4, 0.5) is 5.69 Å². The van der Waals surface area contributed by atoms with E-state index in [1.54, 1.807) is 36.1 Å². The van der Waals surface area contributed by atoms with Gasteiger partial charge in [0.2, 0.25) is 5.91 Å². The van der Waals surface area contributed by atoms with Crippen LogP contribution in [0.2, 0.25) is 0 Å². The van der Waals surface area contributed by atoms with Gasteiger partial charge in [-0.3, -0.25) is 9.48 Å². The zero-order valence-corrected chi connectivity index (χ0v) is 11.8. The lowest BCUT2D eigenvalue weighted by Crippen LogP contribution is -2.19. The van der Waals surface area contributed by atoms with Crippen LogP contribution in [0, 0.1) is 0 Å². The molecule has 110 valence electrons. The molecule has 6 heteroatoms. The van der Waals surface area contributed by atoms with Crippen LogP contribution >= 0.6 is 0 Å². The largest absolute Gasteiger partial charge is 0.497 e. The molecule has 3 rings (SSSR count). The number of carbonyl (C=O) groups excluding carboxylic acids is 1. The Kier molecular flexibility index (Phi) is 3.87. The summed E-state index contributed by atoms with van der Waals surface area (Å²) in [4.78, 5) is 12.0. The molecule has 1 aliphatic rings. The van der Waals surface area contributed by atoms with Crippen LogP contribution in [-0.2, 0) is 29.1 Å². The normalized spacial score (nSPS) is 13.6. The molecule has 6 nitrogen and oxygen atoms in total. The number of methoxy groups -OCH3 is 1. The number of fused-ring (bicyclic) bond motifs is 1. The van der Waals surface area contributed by atoms with Gasteiger partial charge in [0.05, 0.1) is 26.0 Å². The topological polar surface area (TPSA) is 65.4 Å². The van der Waals surface area contributed by atoms with Crippen molar-refractivity contribution < 1.29 is 14.3 Å². The first kappa shape index (κ1) is 13.6. The molecule has 0 bridgehead atoms. The number of nitrogens with one attached hydrogen (secondary N) is 1. The van der Waals surface area contributed by atoms with E-state index in [-0.39, 0.29) is 12.5 Å². The quantitative estimate of drug-likeness (QED) is 0.927. The second-order valence-electron chi connectivity index (χ2n) is 4.88. The summed E-state index contributed by atoms with van der Waals surface area (Å²) in [6, 6.07) is 7.22. The Labute approximate surface area is 122 Å². The van der Waals surface area contributed by atoms with Crippen LogP contribution < -0.4 is 10.1 Å². The molecule has 1 aromatic heterocycles. The summed E-state index contributed by atoms with van der Waals surface area (Å²) in [7, 11) is 1.61. The summed E-state index contributed by atoms with van der Waals surface area (Å²) in [6.45, 7) is 1.47. The van der Waals surface area contributed by atoms with E-state index in [2.05, 4.69) is 10.4 Å². The fourth-order valence-corrected chi connectivity index (χ4v) is 2.29. The molecule has 0 saturated heterocycles. The number of ether oxygens (including phenoxy) is 2. The van der Waals surface area contributed by atoms with Gasteiger partial charge >= 0.3 is 0 Å². The number of carbonyl (C=O) groups is 1. The van der Waals surface area contributed by atoms with Gasteiger partial charge < -0.3 is 14.8 Å². The molecule has 0 saturated carbocycles. The van der Waals surface area contributed by atoms with Crippen molar-refractivity contribution >= 4 is 11.6 Å². The lowest BCUT2D eigenvalue weighted by Gasteiger charge is -2.08. The highest BCUT2D eigenvalue weighted by molar-refractivity contribution is 5.90. The Morgan fingerprint density at radius 1 is 1.43 bits per heavy atom. The van der Waals surface area contributed by atoms with Crippen molar-refractivity contribution in [3.63, 3.8) is 0 Å². The Morgan fingerprint density at radius 3 is 2.95 bits per heavy atom. The van der Waals surface area contributed by atoms with Crippen molar-refractivity contribution in [2.24, 2.45) is 0 Å². The summed E-state index contributed by atoms with van der Waals surface area (Å²) in [5, 5.41) is 7.25. The van der Waals surface area contributed by atoms with Gasteiger partial charge in [0, 0.05) is 23.9 Å². The number of hydrogen-bond acceptors (Lipinski definition) is 4. The van der Waals surface area contributed by atoms with E-state index in [1.165, 1.54) is 0 Å². The van der Waals surface area contributed by atoms with Gasteiger partial charge in [-0.25, -0.2) is 0 Å². The lowest BCUT2D eigenvalue weighted by molar-refractivity contribution is -0.116. The maximum atomic E-state index is 12.0. The number of hydrogen-bond donors (Lipinski definition) is 1. The zero-order valence-electron chi connectivity index (χ0n) is 11.8. The minimum atomic E-state index is -0.110. The number of anilines is 1. The minimum absolute atomic E-state index is 0.110. The molecule has 1 N–H and O–H groups in total. The highest BCUT2D eigenvalue weighted by atomic mass is 16.5. The Balaban J connectivity index is 1.61. The molecule has 2 aromatic rings. The molecule has 0 aliphatic carbocycles. The fraction of sp³-hybridized carbons (Fsp3) is 0.333. The predicted octanol–water partition coefficient (Wildman–Crippen LogP) is 1.60. The average molecular weight is 287 g/mol. The monoisotopic (exact) mass is 287 g/mol. The third kappa shape index (κ3) is 3.22. The number of rotatable bonds is 4. The van der Waals surface area contributed by atoms with Crippen LogP contribution in [0.3, 0.4) is 0 Å². The molecule has 21 heavy (non-hydrogen) atoms. The van der Waals surface area contributed by atoms with Crippen LogP contribution in [0.1, 0.15) is 11.3 Å². The van der Waals surface area contributed by atoms with E-state index in [4.69, 9.17) is 9.47 Å². The first-order valence-electron chi connectivity index (χ1n) is 6.81. The summed E-state index contributed by atoms with van der Waals surface area (Å²) in [5.74, 6) is 0.647. The SMILES string of the molecule is COc1ccc(NC(=O)Cn2cc3c(n2)CCOC3)cc1. The van der Waals surface area contributed by atoms with E-state index >= 15 is 0 Å². The van der Waals surface area contributed by atoms with E-state index in [1.807, 2.05) is 6.20 Å². The Morgan fingerprint density at radius 2 is 2.24 bits per heavy atom. The molecule has 0 fully saturated rings. The maximum Gasteiger partial charge on any atom is 0.246 e. The number of amides is 1. The molecule has 0 unspecified atom stereocenters. The van der Waals surface area contributed by atoms with E-state index in [0.29, 0.717) is 13.2 Å². The highest BCUT2D eigenvalue weighted by Crippen LogP contribution is 2.16. The lowest BCUT2D eigenvalue weighted by atomic mass is 10.2. The van der Waals surface area contributed by atoms with Crippen LogP contribution in [0.25, 0.3) is 0 Å². The number of benzene rings is 1. The number of aromatic nitrogens is 2. The molecule has 1 aliphatic heterocycles. The van der Waals surface area contributed by atoms with Crippen LogP contribution in [0.15, 0.2) is 30.5 Å². The van der Waals surface area contributed by atoms with Crippen LogP contribution in [-0.4, -0.2) is 29.4 Å². The van der Waals surface area contributed by atoms with Crippen molar-refractivity contribution in [1.82, 2.24) is 9.78 Å². The van der Waals surface area contributed by atoms with Crippen molar-refractivity contribution in [2.75, 3.05) is 19.0 Å². The van der Waals surface area contributed by atoms with Gasteiger partial charge in [-0.05, 0) is 24.3 Å². The molecule has 0 spiro atoms. The maximum absolute atomic E-state index is 12.0. The van der Waals surface area contributed by atoms with Crippen molar-refractivity contribution in [1.29, 1.82) is 0 Å². The fourth-order valence-electron chi connectivity index (χ4n) is 2.29. The van der Waals surface area contributed by atoms with Gasteiger partial charge in [0.1, 0.15) is 12.3 Å². The molecule has 0 atom stereocenters. The first-order chi connectivity index (χ1) is 10.2. The number of nitrogens with zero attached hydrogens (tertiary/aromatic N) is 2. The van der Waals surface area contributed by atoms with E-state index in [0.717, 1.165) is 29.1 Å². The summed E-state index contributed by atoms with van der Waals surface area (Å²) >= 11 is 0. The third-order valence-electron chi connectivity index (χ3n) is 3.34. The smallest absolute Gasteiger partial charge is 0.246 e. The minimum Gasteiger partial charge on any atom is -0.497 e. The third-order valence-corrected chi connectivity index (χ3v) is 3.34. The van der Waals surface area contributed by atoms with Crippen LogP contribution in [0.5, 0.6) is 5.75 Å². The van der Waals surface area contributed by atoms with Gasteiger partial charge in [0.25, 0.3) is 0 Å². The molecule has 2 heterocycles. The summed E-state index contributed by atoms with van der Waals surface area (Å²) in [5.41, 5.74) is 2.83. The van der Waals surface area contributed by atoms with Gasteiger partial charge in [-0.15, -0.1) is 0 Å². The van der Waals surface area contributed by atoms with E-state index in [9.17, 15) is 4.79 Å². The Bertz CT molecular complexity index is 611. The standard InChI is InChI=1S/C15H17N3O3/c1-20-13-4-2-12(3-5-13)16-15(19)9-18-8-11-10-21-7-6-14(11)17-18/h2-5,8H,6-7,9-10H2,1H3,(H,16,19). The van der Waals surface area contributed by atoms with Gasteiger partial charge in [-0.2, -0.15) is 5.10 Å². The Hall–Kier alpha value is -2.34. The van der Waals surface area contributed by atoms with Crippen molar-refractivity contribution in [3.05, 3.63) is 41.7 Å². The first-order valence-corrected chi connectivity index (χ1v) is 6.81. The molecule has 1 aromatic carbocycles. The van der Waals surface area contributed by atoms with Crippen molar-refractivity contribution in [2.45, 2.75) is 19.6 Å².